The lowest BCUT2D eigenvalue weighted by atomic mass is 10.1. The van der Waals surface area contributed by atoms with Gasteiger partial charge in [-0.3, -0.25) is 19.4 Å². The first-order valence-corrected chi connectivity index (χ1v) is 10.2. The SMILES string of the molecule is CCC(/C=C(\C)C(N)=O)N(CC)CC.CCC(/C=C/C(N)=O)N(CC)CC. The minimum atomic E-state index is -0.370. The van der Waals surface area contributed by atoms with E-state index in [1.807, 2.05) is 12.2 Å². The van der Waals surface area contributed by atoms with E-state index in [0.29, 0.717) is 17.7 Å². The maximum Gasteiger partial charge on any atom is 0.244 e. The number of hydrogen-bond donors (Lipinski definition) is 2. The van der Waals surface area contributed by atoms with Gasteiger partial charge in [0.25, 0.3) is 0 Å². The van der Waals surface area contributed by atoms with E-state index >= 15 is 0 Å². The van der Waals surface area contributed by atoms with E-state index < -0.39 is 0 Å². The lowest BCUT2D eigenvalue weighted by Gasteiger charge is -2.26. The van der Waals surface area contributed by atoms with Gasteiger partial charge in [0, 0.05) is 23.7 Å². The number of carbonyl (C=O) groups is 2. The Balaban J connectivity index is 0. The molecule has 2 amide bonds. The normalized spacial score (nSPS) is 14.2. The molecule has 0 fully saturated rings. The highest BCUT2D eigenvalue weighted by Crippen LogP contribution is 2.08. The third-order valence-corrected chi connectivity index (χ3v) is 4.71. The van der Waals surface area contributed by atoms with E-state index in [1.54, 1.807) is 6.92 Å². The smallest absolute Gasteiger partial charge is 0.244 e. The summed E-state index contributed by atoms with van der Waals surface area (Å²) in [7, 11) is 0. The van der Waals surface area contributed by atoms with Gasteiger partial charge in [-0.15, -0.1) is 0 Å². The van der Waals surface area contributed by atoms with Crippen molar-refractivity contribution in [3.8, 4) is 0 Å². The molecule has 0 radical (unpaired) electrons. The molecule has 2 unspecified atom stereocenters. The molecule has 158 valence electrons. The molecule has 27 heavy (non-hydrogen) atoms. The second-order valence-electron chi connectivity index (χ2n) is 6.37. The number of amides is 2. The highest BCUT2D eigenvalue weighted by molar-refractivity contribution is 5.91. The van der Waals surface area contributed by atoms with Gasteiger partial charge in [-0.1, -0.05) is 53.7 Å². The van der Waals surface area contributed by atoms with Gasteiger partial charge in [-0.2, -0.15) is 0 Å². The molecule has 0 aromatic heterocycles. The largest absolute Gasteiger partial charge is 0.366 e. The van der Waals surface area contributed by atoms with Crippen LogP contribution in [0, 0.1) is 0 Å². The fourth-order valence-electron chi connectivity index (χ4n) is 2.96. The molecule has 0 bridgehead atoms. The molecule has 0 aliphatic rings. The van der Waals surface area contributed by atoms with Crippen LogP contribution in [0.1, 0.15) is 61.3 Å². The van der Waals surface area contributed by atoms with Crippen LogP contribution >= 0.6 is 0 Å². The molecule has 6 nitrogen and oxygen atoms in total. The monoisotopic (exact) mass is 382 g/mol. The van der Waals surface area contributed by atoms with Gasteiger partial charge in [0.1, 0.15) is 0 Å². The fourth-order valence-corrected chi connectivity index (χ4v) is 2.96. The third-order valence-electron chi connectivity index (χ3n) is 4.71. The molecule has 0 spiro atoms. The number of nitrogens with zero attached hydrogens (tertiary/aromatic N) is 2. The Morgan fingerprint density at radius 2 is 1.22 bits per heavy atom. The topological polar surface area (TPSA) is 92.7 Å². The first-order chi connectivity index (χ1) is 12.7. The second kappa shape index (κ2) is 16.5. The van der Waals surface area contributed by atoms with Crippen molar-refractivity contribution in [2.45, 2.75) is 73.4 Å². The summed E-state index contributed by atoms with van der Waals surface area (Å²) in [5.41, 5.74) is 10.9. The average Bonchev–Trinajstić information content (AvgIpc) is 2.65. The van der Waals surface area contributed by atoms with E-state index in [2.05, 4.69) is 51.3 Å². The molecule has 4 N–H and O–H groups in total. The zero-order chi connectivity index (χ0) is 21.4. The highest BCUT2D eigenvalue weighted by atomic mass is 16.1. The Kier molecular flexibility index (Phi) is 16.9. The van der Waals surface area contributed by atoms with Crippen LogP contribution in [0.15, 0.2) is 23.8 Å². The van der Waals surface area contributed by atoms with Crippen LogP contribution in [0.3, 0.4) is 0 Å². The number of nitrogens with two attached hydrogens (primary N) is 2. The van der Waals surface area contributed by atoms with E-state index in [-0.39, 0.29) is 11.8 Å². The summed E-state index contributed by atoms with van der Waals surface area (Å²) in [6.07, 6.45) is 7.31. The highest BCUT2D eigenvalue weighted by Gasteiger charge is 2.12. The molecule has 0 saturated heterocycles. The van der Waals surface area contributed by atoms with Crippen molar-refractivity contribution in [3.63, 3.8) is 0 Å². The van der Waals surface area contributed by atoms with Gasteiger partial charge in [0.15, 0.2) is 0 Å². The molecule has 0 heterocycles. The van der Waals surface area contributed by atoms with Crippen molar-refractivity contribution in [1.29, 1.82) is 0 Å². The molecule has 2 atom stereocenters. The van der Waals surface area contributed by atoms with Crippen LogP contribution in [-0.4, -0.2) is 59.9 Å². The number of primary amides is 2. The number of rotatable bonds is 12. The Hall–Kier alpha value is -1.66. The van der Waals surface area contributed by atoms with Gasteiger partial charge in [-0.05, 0) is 45.9 Å². The van der Waals surface area contributed by atoms with Crippen LogP contribution in [0.2, 0.25) is 0 Å². The van der Waals surface area contributed by atoms with Crippen molar-refractivity contribution in [2.75, 3.05) is 26.2 Å². The Morgan fingerprint density at radius 3 is 1.52 bits per heavy atom. The van der Waals surface area contributed by atoms with Gasteiger partial charge in [0.05, 0.1) is 0 Å². The average molecular weight is 383 g/mol. The van der Waals surface area contributed by atoms with Crippen molar-refractivity contribution in [2.24, 2.45) is 11.5 Å². The summed E-state index contributed by atoms with van der Waals surface area (Å²) >= 11 is 0. The van der Waals surface area contributed by atoms with Crippen molar-refractivity contribution in [3.05, 3.63) is 23.8 Å². The molecule has 0 rings (SSSR count). The molecule has 0 aromatic rings. The number of hydrogen-bond acceptors (Lipinski definition) is 4. The molecule has 0 aromatic carbocycles. The van der Waals surface area contributed by atoms with E-state index in [9.17, 15) is 9.59 Å². The molecule has 0 saturated carbocycles. The van der Waals surface area contributed by atoms with Crippen molar-refractivity contribution in [1.82, 2.24) is 9.80 Å². The number of likely N-dealkylation sites (N-methyl/N-ethyl adjacent to an activating group) is 2. The predicted octanol–water partition coefficient (Wildman–Crippen LogP) is 2.69. The second-order valence-corrected chi connectivity index (χ2v) is 6.37. The standard InChI is InChI=1S/C11H22N2O.C10H20N2O/c1-5-10(13(6-2)7-3)8-9(4)11(12)14;1-4-9(7-8-10(11)13)12(5-2)6-3/h8,10H,5-7H2,1-4H3,(H2,12,14);7-9H,4-6H2,1-3H3,(H2,11,13)/b9-8+;8-7+. The zero-order valence-electron chi connectivity index (χ0n) is 18.5. The predicted molar refractivity (Wildman–Crippen MR) is 115 cm³/mol. The quantitative estimate of drug-likeness (QED) is 0.508. The first kappa shape index (κ1) is 27.6. The first-order valence-electron chi connectivity index (χ1n) is 10.2. The molecular weight excluding hydrogens is 340 g/mol. The molecule has 6 heteroatoms. The van der Waals surface area contributed by atoms with Crippen LogP contribution < -0.4 is 11.5 Å². The van der Waals surface area contributed by atoms with Crippen molar-refractivity contribution < 1.29 is 9.59 Å². The van der Waals surface area contributed by atoms with Crippen LogP contribution in [0.25, 0.3) is 0 Å². The van der Waals surface area contributed by atoms with E-state index in [4.69, 9.17) is 11.5 Å². The Labute approximate surface area is 166 Å². The maximum absolute atomic E-state index is 10.9. The van der Waals surface area contributed by atoms with Gasteiger partial charge in [-0.25, -0.2) is 0 Å². The van der Waals surface area contributed by atoms with Crippen LogP contribution in [-0.2, 0) is 9.59 Å². The van der Waals surface area contributed by atoms with Gasteiger partial charge >= 0.3 is 0 Å². The maximum atomic E-state index is 10.9. The lowest BCUT2D eigenvalue weighted by molar-refractivity contribution is -0.115. The Morgan fingerprint density at radius 1 is 0.815 bits per heavy atom. The fraction of sp³-hybridized carbons (Fsp3) is 0.714. The summed E-state index contributed by atoms with van der Waals surface area (Å²) in [4.78, 5) is 26.0. The third kappa shape index (κ3) is 12.4. The van der Waals surface area contributed by atoms with E-state index in [1.165, 1.54) is 6.08 Å². The number of carbonyl (C=O) groups excluding carboxylic acids is 2. The van der Waals surface area contributed by atoms with E-state index in [0.717, 1.165) is 39.0 Å². The lowest BCUT2D eigenvalue weighted by Crippen LogP contribution is -2.33. The summed E-state index contributed by atoms with van der Waals surface area (Å²) in [6, 6.07) is 0.667. The molecular formula is C21H42N4O2. The minimum absolute atomic E-state index is 0.324. The van der Waals surface area contributed by atoms with Crippen LogP contribution in [0.4, 0.5) is 0 Å². The van der Waals surface area contributed by atoms with Crippen molar-refractivity contribution >= 4 is 11.8 Å². The summed E-state index contributed by atoms with van der Waals surface area (Å²) < 4.78 is 0. The summed E-state index contributed by atoms with van der Waals surface area (Å²) in [5, 5.41) is 0. The zero-order valence-corrected chi connectivity index (χ0v) is 18.5. The molecule has 0 aliphatic heterocycles. The summed E-state index contributed by atoms with van der Waals surface area (Å²) in [6.45, 7) is 18.5. The molecule has 0 aliphatic carbocycles. The summed E-state index contributed by atoms with van der Waals surface area (Å²) in [5.74, 6) is -0.693. The van der Waals surface area contributed by atoms with Crippen LogP contribution in [0.5, 0.6) is 0 Å². The Bertz CT molecular complexity index is 467. The van der Waals surface area contributed by atoms with Gasteiger partial charge < -0.3 is 11.5 Å². The minimum Gasteiger partial charge on any atom is -0.366 e. The van der Waals surface area contributed by atoms with Gasteiger partial charge in [0.2, 0.25) is 11.8 Å².